The third-order valence-electron chi connectivity index (χ3n) is 6.09. The van der Waals surface area contributed by atoms with E-state index in [1.807, 2.05) is 11.6 Å². The molecule has 3 aromatic rings. The van der Waals surface area contributed by atoms with Crippen LogP contribution in [0.3, 0.4) is 0 Å². The van der Waals surface area contributed by atoms with Crippen LogP contribution < -0.4 is 14.5 Å². The first-order chi connectivity index (χ1) is 15.2. The summed E-state index contributed by atoms with van der Waals surface area (Å²) in [5.74, 6) is 1.85. The van der Waals surface area contributed by atoms with Crippen molar-refractivity contribution in [1.82, 2.24) is 20.2 Å². The highest BCUT2D eigenvalue weighted by Crippen LogP contribution is 2.22. The van der Waals surface area contributed by atoms with Crippen molar-refractivity contribution in [1.29, 1.82) is 0 Å². The summed E-state index contributed by atoms with van der Waals surface area (Å²) in [7, 11) is 0. The van der Waals surface area contributed by atoms with Gasteiger partial charge in [-0.15, -0.1) is 5.10 Å². The van der Waals surface area contributed by atoms with Gasteiger partial charge in [0.1, 0.15) is 38.5 Å². The molecule has 0 saturated carbocycles. The van der Waals surface area contributed by atoms with Gasteiger partial charge < -0.3 is 14.5 Å². The lowest BCUT2D eigenvalue weighted by atomic mass is 10.0. The van der Waals surface area contributed by atoms with Gasteiger partial charge in [0.15, 0.2) is 6.04 Å². The average Bonchev–Trinajstić information content (AvgIpc) is 3.27. The molecule has 1 aliphatic heterocycles. The molecule has 2 N–H and O–H groups in total. The Kier molecular flexibility index (Phi) is 6.94. The molecule has 1 atom stereocenters. The quantitative estimate of drug-likeness (QED) is 0.562. The highest BCUT2D eigenvalue weighted by molar-refractivity contribution is 5.30. The zero-order valence-corrected chi connectivity index (χ0v) is 18.8. The molecule has 1 fully saturated rings. The highest BCUT2D eigenvalue weighted by atomic mass is 16.5. The van der Waals surface area contributed by atoms with E-state index in [9.17, 15) is 0 Å². The maximum Gasteiger partial charge on any atom is 0.214 e. The second kappa shape index (κ2) is 10.0. The molecule has 0 bridgehead atoms. The van der Waals surface area contributed by atoms with Crippen LogP contribution in [0.15, 0.2) is 54.6 Å². The summed E-state index contributed by atoms with van der Waals surface area (Å²) in [6, 6.07) is 19.6. The number of aromatic nitrogens is 4. The third kappa shape index (κ3) is 5.11. The summed E-state index contributed by atoms with van der Waals surface area (Å²) < 4.78 is 7.62. The van der Waals surface area contributed by atoms with Crippen LogP contribution in [0.5, 0.6) is 5.75 Å². The first-order valence-electron chi connectivity index (χ1n) is 11.4. The van der Waals surface area contributed by atoms with Crippen LogP contribution in [0.1, 0.15) is 49.8 Å². The number of benzene rings is 2. The van der Waals surface area contributed by atoms with Crippen LogP contribution in [0.4, 0.5) is 0 Å². The number of tetrazole rings is 1. The minimum atomic E-state index is 0.117. The second-order valence-electron chi connectivity index (χ2n) is 8.58. The van der Waals surface area contributed by atoms with Gasteiger partial charge in [0, 0.05) is 11.1 Å². The Morgan fingerprint density at radius 1 is 0.968 bits per heavy atom. The molecule has 7 heteroatoms. The van der Waals surface area contributed by atoms with Gasteiger partial charge in [0.05, 0.1) is 12.6 Å². The van der Waals surface area contributed by atoms with Crippen molar-refractivity contribution in [3.05, 3.63) is 71.5 Å². The Labute approximate surface area is 184 Å². The first kappa shape index (κ1) is 21.5. The van der Waals surface area contributed by atoms with E-state index in [0.717, 1.165) is 44.3 Å². The summed E-state index contributed by atoms with van der Waals surface area (Å²) in [6.07, 6.45) is 0. The molecular formula is C24H34N6O+2. The SMILES string of the molecule is CCOc1ccc([C@@H](c2nnnn2C(C)C)[NH+]2CC[NH+](Cc3ccccc3)CC2)cc1. The van der Waals surface area contributed by atoms with Crippen LogP contribution in [-0.2, 0) is 6.54 Å². The number of nitrogens with one attached hydrogen (secondary N) is 2. The molecular weight excluding hydrogens is 388 g/mol. The molecule has 0 amide bonds. The molecule has 1 aliphatic rings. The molecule has 164 valence electrons. The molecule has 4 rings (SSSR count). The monoisotopic (exact) mass is 422 g/mol. The molecule has 0 aliphatic carbocycles. The summed E-state index contributed by atoms with van der Waals surface area (Å²) in [5.41, 5.74) is 2.65. The van der Waals surface area contributed by atoms with E-state index < -0.39 is 0 Å². The normalized spacial score (nSPS) is 20.0. The number of hydrogen-bond acceptors (Lipinski definition) is 4. The van der Waals surface area contributed by atoms with Crippen molar-refractivity contribution >= 4 is 0 Å². The minimum absolute atomic E-state index is 0.117. The molecule has 0 spiro atoms. The fraction of sp³-hybridized carbons (Fsp3) is 0.458. The standard InChI is InChI=1S/C24H32N6O/c1-4-31-22-12-10-21(11-13-22)23(24-25-26-27-30(24)19(2)3)29-16-14-28(15-17-29)18-20-8-6-5-7-9-20/h5-13,19,23H,4,14-18H2,1-3H3/p+2/t23-/m0/s1. The molecule has 31 heavy (non-hydrogen) atoms. The predicted octanol–water partition coefficient (Wildman–Crippen LogP) is 0.726. The average molecular weight is 423 g/mol. The van der Waals surface area contributed by atoms with Gasteiger partial charge in [-0.25, -0.2) is 4.68 Å². The van der Waals surface area contributed by atoms with E-state index in [4.69, 9.17) is 4.74 Å². The lowest BCUT2D eigenvalue weighted by Crippen LogP contribution is -3.27. The van der Waals surface area contributed by atoms with E-state index in [0.29, 0.717) is 6.61 Å². The largest absolute Gasteiger partial charge is 0.494 e. The number of nitrogens with zero attached hydrogens (tertiary/aromatic N) is 4. The number of piperazine rings is 1. The maximum atomic E-state index is 5.65. The van der Waals surface area contributed by atoms with Gasteiger partial charge in [-0.3, -0.25) is 0 Å². The van der Waals surface area contributed by atoms with Gasteiger partial charge in [-0.2, -0.15) is 0 Å². The number of ether oxygens (including phenoxy) is 1. The summed E-state index contributed by atoms with van der Waals surface area (Å²) >= 11 is 0. The Balaban J connectivity index is 1.54. The Bertz CT molecular complexity index is 932. The van der Waals surface area contributed by atoms with Crippen molar-refractivity contribution in [2.45, 2.75) is 39.4 Å². The van der Waals surface area contributed by atoms with Crippen molar-refractivity contribution < 1.29 is 14.5 Å². The fourth-order valence-corrected chi connectivity index (χ4v) is 4.52. The highest BCUT2D eigenvalue weighted by Gasteiger charge is 2.36. The zero-order chi connectivity index (χ0) is 21.6. The molecule has 0 radical (unpaired) electrons. The second-order valence-corrected chi connectivity index (χ2v) is 8.58. The van der Waals surface area contributed by atoms with E-state index >= 15 is 0 Å². The summed E-state index contributed by atoms with van der Waals surface area (Å²) in [6.45, 7) is 12.5. The minimum Gasteiger partial charge on any atom is -0.494 e. The number of quaternary nitrogens is 2. The van der Waals surface area contributed by atoms with Gasteiger partial charge in [-0.05, 0) is 55.5 Å². The van der Waals surface area contributed by atoms with Crippen molar-refractivity contribution in [2.24, 2.45) is 0 Å². The van der Waals surface area contributed by atoms with E-state index in [1.165, 1.54) is 16.0 Å². The molecule has 1 aromatic heterocycles. The van der Waals surface area contributed by atoms with Crippen LogP contribution >= 0.6 is 0 Å². The number of rotatable bonds is 8. The molecule has 7 nitrogen and oxygen atoms in total. The predicted molar refractivity (Wildman–Crippen MR) is 119 cm³/mol. The smallest absolute Gasteiger partial charge is 0.214 e. The fourth-order valence-electron chi connectivity index (χ4n) is 4.52. The summed E-state index contributed by atoms with van der Waals surface area (Å²) in [5, 5.41) is 12.8. The Morgan fingerprint density at radius 2 is 1.68 bits per heavy atom. The van der Waals surface area contributed by atoms with Crippen LogP contribution in [0.2, 0.25) is 0 Å². The van der Waals surface area contributed by atoms with Crippen LogP contribution in [-0.4, -0.2) is 53.0 Å². The van der Waals surface area contributed by atoms with Crippen molar-refractivity contribution in [3.63, 3.8) is 0 Å². The Hall–Kier alpha value is -2.77. The van der Waals surface area contributed by atoms with Gasteiger partial charge in [-0.1, -0.05) is 30.3 Å². The Morgan fingerprint density at radius 3 is 2.32 bits per heavy atom. The number of hydrogen-bond donors (Lipinski definition) is 2. The molecule has 2 aromatic carbocycles. The molecule has 1 saturated heterocycles. The van der Waals surface area contributed by atoms with E-state index in [-0.39, 0.29) is 12.1 Å². The van der Waals surface area contributed by atoms with Gasteiger partial charge in [0.25, 0.3) is 0 Å². The lowest BCUT2D eigenvalue weighted by molar-refractivity contribution is -1.03. The van der Waals surface area contributed by atoms with E-state index in [2.05, 4.69) is 84.0 Å². The maximum absolute atomic E-state index is 5.65. The molecule has 2 heterocycles. The third-order valence-corrected chi connectivity index (χ3v) is 6.09. The van der Waals surface area contributed by atoms with E-state index in [1.54, 1.807) is 4.90 Å². The topological polar surface area (TPSA) is 61.7 Å². The van der Waals surface area contributed by atoms with Crippen LogP contribution in [0, 0.1) is 0 Å². The lowest BCUT2D eigenvalue weighted by Gasteiger charge is -2.34. The van der Waals surface area contributed by atoms with Gasteiger partial charge in [0.2, 0.25) is 5.82 Å². The van der Waals surface area contributed by atoms with Gasteiger partial charge >= 0.3 is 0 Å². The van der Waals surface area contributed by atoms with Crippen LogP contribution in [0.25, 0.3) is 0 Å². The summed E-state index contributed by atoms with van der Waals surface area (Å²) in [4.78, 5) is 3.17. The molecule has 0 unspecified atom stereocenters. The zero-order valence-electron chi connectivity index (χ0n) is 18.8. The van der Waals surface area contributed by atoms with Crippen molar-refractivity contribution in [3.8, 4) is 5.75 Å². The first-order valence-corrected chi connectivity index (χ1v) is 11.4. The van der Waals surface area contributed by atoms with Crippen molar-refractivity contribution in [2.75, 3.05) is 32.8 Å².